The second-order valence-corrected chi connectivity index (χ2v) is 5.83. The van der Waals surface area contributed by atoms with Crippen LogP contribution in [0.1, 0.15) is 17.3 Å². The van der Waals surface area contributed by atoms with Crippen LogP contribution < -0.4 is 19.5 Å². The first-order valence-corrected chi connectivity index (χ1v) is 8.50. The quantitative estimate of drug-likeness (QED) is 0.771. The van der Waals surface area contributed by atoms with Gasteiger partial charge in [0, 0.05) is 19.7 Å². The summed E-state index contributed by atoms with van der Waals surface area (Å²) in [6.45, 7) is 2.16. The summed E-state index contributed by atoms with van der Waals surface area (Å²) in [7, 11) is 4.82. The van der Waals surface area contributed by atoms with Gasteiger partial charge in [-0.2, -0.15) is 0 Å². The Labute approximate surface area is 158 Å². The van der Waals surface area contributed by atoms with E-state index in [9.17, 15) is 9.59 Å². The Balaban J connectivity index is 2.09. The van der Waals surface area contributed by atoms with Crippen molar-refractivity contribution in [1.29, 1.82) is 0 Å². The average molecular weight is 372 g/mol. The number of carbonyl (C=O) groups is 2. The topological polar surface area (TPSA) is 77.1 Å². The molecule has 0 heterocycles. The van der Waals surface area contributed by atoms with Gasteiger partial charge in [-0.15, -0.1) is 0 Å². The van der Waals surface area contributed by atoms with Crippen molar-refractivity contribution in [3.8, 4) is 17.2 Å². The van der Waals surface area contributed by atoms with Crippen LogP contribution >= 0.6 is 0 Å². The van der Waals surface area contributed by atoms with Crippen molar-refractivity contribution in [3.05, 3.63) is 48.0 Å². The normalized spacial score (nSPS) is 10.1. The first-order valence-electron chi connectivity index (χ1n) is 8.50. The molecule has 1 N–H and O–H groups in total. The van der Waals surface area contributed by atoms with Gasteiger partial charge in [0.25, 0.3) is 11.8 Å². The van der Waals surface area contributed by atoms with Crippen LogP contribution in [0.5, 0.6) is 17.2 Å². The van der Waals surface area contributed by atoms with Crippen LogP contribution in [0.15, 0.2) is 42.5 Å². The number of nitrogens with one attached hydrogen (secondary N) is 1. The lowest BCUT2D eigenvalue weighted by Gasteiger charge is -2.15. The number of benzene rings is 2. The molecule has 27 heavy (non-hydrogen) atoms. The molecule has 2 aromatic rings. The van der Waals surface area contributed by atoms with Gasteiger partial charge in [-0.1, -0.05) is 12.1 Å². The van der Waals surface area contributed by atoms with E-state index in [1.165, 1.54) is 12.0 Å². The number of anilines is 1. The first-order chi connectivity index (χ1) is 13.0. The summed E-state index contributed by atoms with van der Waals surface area (Å²) >= 11 is 0. The third-order valence-electron chi connectivity index (χ3n) is 3.63. The Morgan fingerprint density at radius 3 is 2.26 bits per heavy atom. The van der Waals surface area contributed by atoms with Crippen molar-refractivity contribution in [2.24, 2.45) is 0 Å². The number of rotatable bonds is 8. The zero-order valence-corrected chi connectivity index (χ0v) is 15.9. The predicted molar refractivity (Wildman–Crippen MR) is 103 cm³/mol. The van der Waals surface area contributed by atoms with Gasteiger partial charge in [-0.3, -0.25) is 9.59 Å². The molecule has 2 rings (SSSR count). The highest BCUT2D eigenvalue weighted by Crippen LogP contribution is 2.28. The fourth-order valence-electron chi connectivity index (χ4n) is 2.37. The molecule has 0 saturated carbocycles. The summed E-state index contributed by atoms with van der Waals surface area (Å²) in [5.74, 6) is 0.958. The number of hydrogen-bond acceptors (Lipinski definition) is 5. The Hall–Kier alpha value is -3.22. The molecule has 7 nitrogen and oxygen atoms in total. The van der Waals surface area contributed by atoms with Crippen molar-refractivity contribution in [3.63, 3.8) is 0 Å². The van der Waals surface area contributed by atoms with Crippen LogP contribution in [0.25, 0.3) is 0 Å². The van der Waals surface area contributed by atoms with Crippen molar-refractivity contribution in [1.82, 2.24) is 4.90 Å². The minimum atomic E-state index is -0.381. The van der Waals surface area contributed by atoms with E-state index in [0.717, 1.165) is 0 Å². The number of nitrogens with zero attached hydrogens (tertiary/aromatic N) is 1. The molecule has 0 aliphatic rings. The van der Waals surface area contributed by atoms with Crippen molar-refractivity contribution in [2.75, 3.05) is 39.7 Å². The molecule has 7 heteroatoms. The van der Waals surface area contributed by atoms with Crippen LogP contribution in [0.3, 0.4) is 0 Å². The lowest BCUT2D eigenvalue weighted by Crippen LogP contribution is -2.23. The Kier molecular flexibility index (Phi) is 7.05. The number of ether oxygens (including phenoxy) is 3. The van der Waals surface area contributed by atoms with E-state index in [-0.39, 0.29) is 18.4 Å². The maximum absolute atomic E-state index is 12.3. The molecule has 0 spiro atoms. The van der Waals surface area contributed by atoms with E-state index in [4.69, 9.17) is 14.2 Å². The van der Waals surface area contributed by atoms with Gasteiger partial charge in [-0.25, -0.2) is 0 Å². The lowest BCUT2D eigenvalue weighted by atomic mass is 10.1. The van der Waals surface area contributed by atoms with Gasteiger partial charge < -0.3 is 24.4 Å². The monoisotopic (exact) mass is 372 g/mol. The summed E-state index contributed by atoms with van der Waals surface area (Å²) in [4.78, 5) is 25.9. The van der Waals surface area contributed by atoms with E-state index in [0.29, 0.717) is 35.1 Å². The number of carbonyl (C=O) groups excluding carboxylic acids is 2. The maximum atomic E-state index is 12.3. The average Bonchev–Trinajstić information content (AvgIpc) is 2.66. The lowest BCUT2D eigenvalue weighted by molar-refractivity contribution is -0.118. The number of para-hydroxylation sites is 2. The summed E-state index contributed by atoms with van der Waals surface area (Å²) in [5.41, 5.74) is 0.843. The highest BCUT2D eigenvalue weighted by molar-refractivity contribution is 5.98. The molecule has 2 aromatic carbocycles. The van der Waals surface area contributed by atoms with Crippen LogP contribution in [0.2, 0.25) is 0 Å². The number of methoxy groups -OCH3 is 1. The van der Waals surface area contributed by atoms with Crippen LogP contribution in [0, 0.1) is 0 Å². The van der Waals surface area contributed by atoms with Crippen molar-refractivity contribution >= 4 is 17.5 Å². The minimum absolute atomic E-state index is 0.171. The maximum Gasteiger partial charge on any atom is 0.262 e. The van der Waals surface area contributed by atoms with Gasteiger partial charge in [0.1, 0.15) is 5.75 Å². The molecular formula is C20H24N2O5. The Morgan fingerprint density at radius 1 is 1.00 bits per heavy atom. The highest BCUT2D eigenvalue weighted by atomic mass is 16.5. The minimum Gasteiger partial charge on any atom is -0.495 e. The van der Waals surface area contributed by atoms with Gasteiger partial charge in [0.15, 0.2) is 18.1 Å². The molecule has 0 fully saturated rings. The molecule has 0 aliphatic heterocycles. The van der Waals surface area contributed by atoms with Gasteiger partial charge in [0.2, 0.25) is 0 Å². The van der Waals surface area contributed by atoms with Gasteiger partial charge in [-0.05, 0) is 37.3 Å². The summed E-state index contributed by atoms with van der Waals surface area (Å²) in [6.07, 6.45) is 0. The van der Waals surface area contributed by atoms with E-state index in [2.05, 4.69) is 5.32 Å². The molecule has 0 radical (unpaired) electrons. The number of hydrogen-bond donors (Lipinski definition) is 1. The van der Waals surface area contributed by atoms with Crippen molar-refractivity contribution < 1.29 is 23.8 Å². The molecule has 0 saturated heterocycles. The molecule has 0 unspecified atom stereocenters. The molecule has 0 aliphatic carbocycles. The standard InChI is InChI=1S/C20H24N2O5/c1-5-26-17-8-6-7-9-18(17)27-13-19(23)21-15-12-14(20(24)22(2)3)10-11-16(15)25-4/h6-12H,5,13H2,1-4H3,(H,21,23). The number of amides is 2. The fraction of sp³-hybridized carbons (Fsp3) is 0.300. The smallest absolute Gasteiger partial charge is 0.262 e. The van der Waals surface area contributed by atoms with Gasteiger partial charge >= 0.3 is 0 Å². The summed E-state index contributed by atoms with van der Waals surface area (Å²) in [5, 5.41) is 2.72. The van der Waals surface area contributed by atoms with E-state index in [1.54, 1.807) is 50.5 Å². The SMILES string of the molecule is CCOc1ccccc1OCC(=O)Nc1cc(C(=O)N(C)C)ccc1OC. The molecule has 0 aromatic heterocycles. The Morgan fingerprint density at radius 2 is 1.67 bits per heavy atom. The molecule has 2 amide bonds. The molecule has 0 bridgehead atoms. The van der Waals surface area contributed by atoms with Gasteiger partial charge in [0.05, 0.1) is 19.4 Å². The second-order valence-electron chi connectivity index (χ2n) is 5.83. The summed E-state index contributed by atoms with van der Waals surface area (Å²) < 4.78 is 16.3. The predicted octanol–water partition coefficient (Wildman–Crippen LogP) is 2.81. The first kappa shape index (κ1) is 20.1. The summed E-state index contributed by atoms with van der Waals surface area (Å²) in [6, 6.07) is 12.0. The van der Waals surface area contributed by atoms with Crippen LogP contribution in [-0.4, -0.2) is 51.1 Å². The molecule has 144 valence electrons. The zero-order chi connectivity index (χ0) is 19.8. The fourth-order valence-corrected chi connectivity index (χ4v) is 2.37. The van der Waals surface area contributed by atoms with Crippen LogP contribution in [0.4, 0.5) is 5.69 Å². The van der Waals surface area contributed by atoms with Crippen molar-refractivity contribution in [2.45, 2.75) is 6.92 Å². The Bertz CT molecular complexity index is 805. The third kappa shape index (κ3) is 5.37. The second kappa shape index (κ2) is 9.47. The highest BCUT2D eigenvalue weighted by Gasteiger charge is 2.14. The molecule has 0 atom stereocenters. The van der Waals surface area contributed by atoms with E-state index < -0.39 is 0 Å². The third-order valence-corrected chi connectivity index (χ3v) is 3.63. The molecular weight excluding hydrogens is 348 g/mol. The largest absolute Gasteiger partial charge is 0.495 e. The van der Waals surface area contributed by atoms with E-state index >= 15 is 0 Å². The van der Waals surface area contributed by atoms with Crippen LogP contribution in [-0.2, 0) is 4.79 Å². The zero-order valence-electron chi connectivity index (χ0n) is 15.9. The van der Waals surface area contributed by atoms with E-state index in [1.807, 2.05) is 13.0 Å².